The summed E-state index contributed by atoms with van der Waals surface area (Å²) in [6.07, 6.45) is 13.1. The zero-order chi connectivity index (χ0) is 22.8. The van der Waals surface area contributed by atoms with Crippen molar-refractivity contribution in [2.45, 2.75) is 6.54 Å². The van der Waals surface area contributed by atoms with Gasteiger partial charge in [0.2, 0.25) is 11.4 Å². The van der Waals surface area contributed by atoms with E-state index in [2.05, 4.69) is 131 Å². The highest BCUT2D eigenvalue weighted by Gasteiger charge is 2.13. The maximum atomic E-state index is 5.99. The normalized spacial score (nSPS) is 12.1. The first-order valence-corrected chi connectivity index (χ1v) is 11.3. The Labute approximate surface area is 194 Å². The van der Waals surface area contributed by atoms with Gasteiger partial charge < -0.3 is 14.9 Å². The summed E-state index contributed by atoms with van der Waals surface area (Å²) in [7, 11) is 4.18. The van der Waals surface area contributed by atoms with Gasteiger partial charge in [-0.15, -0.1) is 0 Å². The third-order valence-electron chi connectivity index (χ3n) is 6.23. The van der Waals surface area contributed by atoms with Gasteiger partial charge in [0.25, 0.3) is 0 Å². The van der Waals surface area contributed by atoms with Gasteiger partial charge in [0, 0.05) is 83.7 Å². The smallest absolute Gasteiger partial charge is 0.205 e. The molecule has 33 heavy (non-hydrogen) atoms. The van der Waals surface area contributed by atoms with E-state index >= 15 is 0 Å². The molecule has 0 aliphatic heterocycles. The third kappa shape index (κ3) is 4.01. The molecule has 3 heterocycles. The first-order chi connectivity index (χ1) is 16.2. The Morgan fingerprint density at radius 2 is 1.15 bits per heavy atom. The van der Waals surface area contributed by atoms with Crippen molar-refractivity contribution < 1.29 is 4.57 Å². The summed E-state index contributed by atoms with van der Waals surface area (Å²) in [5, 5.41) is 2.52. The number of para-hydroxylation sites is 2. The summed E-state index contributed by atoms with van der Waals surface area (Å²) in [5.41, 5.74) is 13.2. The average Bonchev–Trinajstić information content (AvgIpc) is 3.34. The highest BCUT2D eigenvalue weighted by molar-refractivity contribution is 5.92. The molecule has 2 aromatic carbocycles. The van der Waals surface area contributed by atoms with E-state index in [1.165, 1.54) is 32.9 Å². The van der Waals surface area contributed by atoms with E-state index in [0.29, 0.717) is 6.54 Å². The number of nitrogens with two attached hydrogens (primary N) is 1. The number of benzene rings is 2. The van der Waals surface area contributed by atoms with Gasteiger partial charge in [-0.3, -0.25) is 0 Å². The van der Waals surface area contributed by atoms with Crippen LogP contribution < -0.4 is 10.3 Å². The predicted molar refractivity (Wildman–Crippen MR) is 139 cm³/mol. The molecule has 164 valence electrons. The van der Waals surface area contributed by atoms with Crippen LogP contribution in [0.25, 0.3) is 46.1 Å². The number of rotatable bonds is 6. The van der Waals surface area contributed by atoms with Crippen LogP contribution in [0.2, 0.25) is 0 Å². The molecule has 4 heteroatoms. The second kappa shape index (κ2) is 8.93. The minimum Gasteiger partial charge on any atom is -0.350 e. The second-order valence-corrected chi connectivity index (χ2v) is 8.41. The van der Waals surface area contributed by atoms with E-state index in [4.69, 9.17) is 5.73 Å². The number of nitrogens with zero attached hydrogens (tertiary/aromatic N) is 3. The lowest BCUT2D eigenvalue weighted by Gasteiger charge is -2.03. The maximum absolute atomic E-state index is 5.99. The van der Waals surface area contributed by atoms with Crippen LogP contribution in [0.3, 0.4) is 0 Å². The zero-order valence-corrected chi connectivity index (χ0v) is 19.1. The molecule has 0 unspecified atom stereocenters. The third-order valence-corrected chi connectivity index (χ3v) is 6.23. The van der Waals surface area contributed by atoms with Crippen molar-refractivity contribution in [2.75, 3.05) is 6.54 Å². The lowest BCUT2D eigenvalue weighted by Crippen LogP contribution is -2.43. The molecule has 0 bridgehead atoms. The lowest BCUT2D eigenvalue weighted by molar-refractivity contribution is -0.697. The van der Waals surface area contributed by atoms with Crippen molar-refractivity contribution in [1.82, 2.24) is 9.13 Å². The molecule has 2 N–H and O–H groups in total. The van der Waals surface area contributed by atoms with Gasteiger partial charge in [-0.05, 0) is 30.4 Å². The molecular formula is C29H29N4+. The molecule has 0 aliphatic carbocycles. The summed E-state index contributed by atoms with van der Waals surface area (Å²) < 4.78 is 6.63. The van der Waals surface area contributed by atoms with Gasteiger partial charge in [-0.1, -0.05) is 36.4 Å². The minimum atomic E-state index is 0.582. The molecule has 0 radical (unpaired) electrons. The van der Waals surface area contributed by atoms with Crippen LogP contribution in [0.4, 0.5) is 0 Å². The van der Waals surface area contributed by atoms with Gasteiger partial charge in [0.15, 0.2) is 6.54 Å². The van der Waals surface area contributed by atoms with Gasteiger partial charge >= 0.3 is 0 Å². The zero-order valence-electron chi connectivity index (χ0n) is 19.1. The fourth-order valence-electron chi connectivity index (χ4n) is 4.61. The van der Waals surface area contributed by atoms with E-state index < -0.39 is 0 Å². The standard InChI is InChI=1S/C29H29N4/c1-31-20-22(26-10-3-5-12-28(26)31)14-16-24-8-7-9-25(33(24)19-18-30)17-15-23-21-32(2)29-13-6-4-11-27(23)29/h3-17,20-21H,18-19,30H2,1-2H3/q+1. The molecule has 0 atom stereocenters. The molecule has 0 saturated heterocycles. The van der Waals surface area contributed by atoms with Crippen molar-refractivity contribution in [1.29, 1.82) is 0 Å². The van der Waals surface area contributed by atoms with E-state index in [1.54, 1.807) is 0 Å². The minimum absolute atomic E-state index is 0.582. The van der Waals surface area contributed by atoms with Gasteiger partial charge in [-0.2, -0.15) is 4.57 Å². The fraction of sp³-hybridized carbons (Fsp3) is 0.138. The van der Waals surface area contributed by atoms with E-state index in [1.807, 2.05) is 0 Å². The van der Waals surface area contributed by atoms with Crippen LogP contribution in [-0.2, 0) is 20.6 Å². The molecule has 0 aliphatic rings. The Hall–Kier alpha value is -3.89. The van der Waals surface area contributed by atoms with E-state index in [0.717, 1.165) is 17.9 Å². The molecule has 0 saturated carbocycles. The Morgan fingerprint density at radius 1 is 0.667 bits per heavy atom. The topological polar surface area (TPSA) is 39.8 Å². The number of fused-ring (bicyclic) bond motifs is 2. The summed E-state index contributed by atoms with van der Waals surface area (Å²) in [6.45, 7) is 1.34. The Morgan fingerprint density at radius 3 is 1.64 bits per heavy atom. The van der Waals surface area contributed by atoms with Crippen molar-refractivity contribution >= 4 is 46.1 Å². The number of aromatic nitrogens is 3. The number of hydrogen-bond acceptors (Lipinski definition) is 1. The van der Waals surface area contributed by atoms with Gasteiger partial charge in [-0.25, -0.2) is 0 Å². The summed E-state index contributed by atoms with van der Waals surface area (Å²) in [5.74, 6) is 0. The summed E-state index contributed by atoms with van der Waals surface area (Å²) in [4.78, 5) is 0. The number of aryl methyl sites for hydroxylation is 2. The fourth-order valence-corrected chi connectivity index (χ4v) is 4.61. The first kappa shape index (κ1) is 21.0. The number of pyridine rings is 1. The van der Waals surface area contributed by atoms with Crippen LogP contribution >= 0.6 is 0 Å². The predicted octanol–water partition coefficient (Wildman–Crippen LogP) is 5.26. The molecule has 5 aromatic rings. The molecule has 4 nitrogen and oxygen atoms in total. The lowest BCUT2D eigenvalue weighted by atomic mass is 10.1. The summed E-state index contributed by atoms with van der Waals surface area (Å²) >= 11 is 0. The van der Waals surface area contributed by atoms with Crippen LogP contribution in [0.5, 0.6) is 0 Å². The van der Waals surface area contributed by atoms with Crippen LogP contribution in [0, 0.1) is 0 Å². The highest BCUT2D eigenvalue weighted by Crippen LogP contribution is 2.23. The van der Waals surface area contributed by atoms with E-state index in [-0.39, 0.29) is 0 Å². The second-order valence-electron chi connectivity index (χ2n) is 8.41. The Kier molecular flexibility index (Phi) is 5.68. The van der Waals surface area contributed by atoms with Crippen LogP contribution in [0.15, 0.2) is 79.1 Å². The maximum Gasteiger partial charge on any atom is 0.205 e. The number of hydrogen-bond donors (Lipinski definition) is 1. The Bertz CT molecular complexity index is 1390. The Balaban J connectivity index is 1.52. The van der Waals surface area contributed by atoms with Crippen molar-refractivity contribution in [3.63, 3.8) is 0 Å². The molecule has 0 spiro atoms. The van der Waals surface area contributed by atoms with Crippen molar-refractivity contribution in [3.05, 3.63) is 102 Å². The molecule has 0 fully saturated rings. The average molecular weight is 434 g/mol. The van der Waals surface area contributed by atoms with E-state index in [9.17, 15) is 0 Å². The molecule has 3 aromatic heterocycles. The van der Waals surface area contributed by atoms with Crippen LogP contribution in [-0.4, -0.2) is 15.7 Å². The molecule has 0 amide bonds. The first-order valence-electron chi connectivity index (χ1n) is 11.3. The van der Waals surface area contributed by atoms with Crippen molar-refractivity contribution in [3.8, 4) is 0 Å². The van der Waals surface area contributed by atoms with Crippen LogP contribution in [0.1, 0.15) is 22.5 Å². The molecular weight excluding hydrogens is 404 g/mol. The van der Waals surface area contributed by atoms with Gasteiger partial charge in [0.05, 0.1) is 6.54 Å². The SMILES string of the molecule is Cn1cc(/C=C/c2cccc(/C=C/c3cn(C)c4ccccc34)[n+]2CCN)c2ccccc21. The largest absolute Gasteiger partial charge is 0.350 e. The monoisotopic (exact) mass is 433 g/mol. The quantitative estimate of drug-likeness (QED) is 0.365. The van der Waals surface area contributed by atoms with Crippen molar-refractivity contribution in [2.24, 2.45) is 19.8 Å². The van der Waals surface area contributed by atoms with Gasteiger partial charge in [0.1, 0.15) is 0 Å². The summed E-state index contributed by atoms with van der Waals surface area (Å²) in [6, 6.07) is 23.4. The molecule has 5 rings (SSSR count). The highest BCUT2D eigenvalue weighted by atomic mass is 15.0.